The van der Waals surface area contributed by atoms with Crippen LogP contribution in [0.1, 0.15) is 15.9 Å². The van der Waals surface area contributed by atoms with E-state index in [1.807, 2.05) is 48.5 Å². The van der Waals surface area contributed by atoms with Gasteiger partial charge in [-0.1, -0.05) is 54.6 Å². The molecule has 98 valence electrons. The van der Waals surface area contributed by atoms with Crippen molar-refractivity contribution >= 4 is 39.1 Å². The molecule has 1 nitrogen and oxygen atoms in total. The van der Waals surface area contributed by atoms with Gasteiger partial charge in [-0.3, -0.25) is 4.79 Å². The van der Waals surface area contributed by atoms with Crippen molar-refractivity contribution in [2.45, 2.75) is 6.42 Å². The second kappa shape index (κ2) is 5.75. The van der Waals surface area contributed by atoms with Gasteiger partial charge < -0.3 is 0 Å². The van der Waals surface area contributed by atoms with Crippen LogP contribution >= 0.6 is 22.6 Å². The fourth-order valence-corrected chi connectivity index (χ4v) is 2.93. The van der Waals surface area contributed by atoms with E-state index in [0.29, 0.717) is 6.42 Å². The predicted molar refractivity (Wildman–Crippen MR) is 91.1 cm³/mol. The van der Waals surface area contributed by atoms with Crippen LogP contribution in [0.25, 0.3) is 10.8 Å². The van der Waals surface area contributed by atoms with Gasteiger partial charge in [0.15, 0.2) is 5.78 Å². The van der Waals surface area contributed by atoms with Gasteiger partial charge in [-0.2, -0.15) is 0 Å². The Morgan fingerprint density at radius 1 is 0.900 bits per heavy atom. The lowest BCUT2D eigenvalue weighted by Gasteiger charge is -2.06. The molecule has 2 heteroatoms. The number of carbonyl (C=O) groups excluding carboxylic acids is 1. The van der Waals surface area contributed by atoms with E-state index >= 15 is 0 Å². The molecule has 20 heavy (non-hydrogen) atoms. The van der Waals surface area contributed by atoms with Gasteiger partial charge in [0.2, 0.25) is 0 Å². The number of benzene rings is 3. The minimum atomic E-state index is 0.167. The number of ketones is 1. The Bertz CT molecular complexity index is 772. The molecule has 0 heterocycles. The lowest BCUT2D eigenvalue weighted by molar-refractivity contribution is 0.0993. The van der Waals surface area contributed by atoms with Crippen LogP contribution in [0.2, 0.25) is 0 Å². The maximum atomic E-state index is 12.4. The van der Waals surface area contributed by atoms with E-state index < -0.39 is 0 Å². The van der Waals surface area contributed by atoms with Crippen LogP contribution in [0.3, 0.4) is 0 Å². The van der Waals surface area contributed by atoms with Crippen LogP contribution in [-0.4, -0.2) is 5.78 Å². The van der Waals surface area contributed by atoms with Crippen molar-refractivity contribution in [3.8, 4) is 0 Å². The maximum Gasteiger partial charge on any atom is 0.167 e. The molecule has 0 bridgehead atoms. The van der Waals surface area contributed by atoms with Crippen molar-refractivity contribution in [1.82, 2.24) is 0 Å². The minimum Gasteiger partial charge on any atom is -0.294 e. The van der Waals surface area contributed by atoms with Crippen LogP contribution in [0, 0.1) is 3.57 Å². The van der Waals surface area contributed by atoms with Gasteiger partial charge in [0.1, 0.15) is 0 Å². The number of halogens is 1. The van der Waals surface area contributed by atoms with Crippen molar-refractivity contribution < 1.29 is 4.79 Å². The van der Waals surface area contributed by atoms with E-state index in [-0.39, 0.29) is 5.78 Å². The van der Waals surface area contributed by atoms with Crippen molar-refractivity contribution in [2.75, 3.05) is 0 Å². The summed E-state index contributed by atoms with van der Waals surface area (Å²) in [5.41, 5.74) is 1.87. The van der Waals surface area contributed by atoms with Crippen LogP contribution in [0.15, 0.2) is 66.7 Å². The van der Waals surface area contributed by atoms with Gasteiger partial charge in [0.05, 0.1) is 0 Å². The van der Waals surface area contributed by atoms with Gasteiger partial charge in [-0.15, -0.1) is 0 Å². The number of hydrogen-bond acceptors (Lipinski definition) is 1. The van der Waals surface area contributed by atoms with Crippen LogP contribution < -0.4 is 0 Å². The zero-order valence-corrected chi connectivity index (χ0v) is 13.0. The molecular formula is C18H13IO. The van der Waals surface area contributed by atoms with Crippen molar-refractivity contribution in [1.29, 1.82) is 0 Å². The summed E-state index contributed by atoms with van der Waals surface area (Å²) in [6.45, 7) is 0. The molecule has 0 unspecified atom stereocenters. The average molecular weight is 372 g/mol. The molecule has 0 atom stereocenters. The largest absolute Gasteiger partial charge is 0.294 e. The quantitative estimate of drug-likeness (QED) is 0.474. The second-order valence-electron chi connectivity index (χ2n) is 4.75. The number of Topliss-reactive ketones (excluding diaryl/α,β-unsaturated/α-hetero) is 1. The molecule has 0 aliphatic heterocycles. The highest BCUT2D eigenvalue weighted by Crippen LogP contribution is 2.20. The summed E-state index contributed by atoms with van der Waals surface area (Å²) < 4.78 is 1.09. The highest BCUT2D eigenvalue weighted by atomic mass is 127. The lowest BCUT2D eigenvalue weighted by Crippen LogP contribution is -2.04. The van der Waals surface area contributed by atoms with Crippen LogP contribution in [-0.2, 0) is 6.42 Å². The van der Waals surface area contributed by atoms with Crippen molar-refractivity contribution in [2.24, 2.45) is 0 Å². The summed E-state index contributed by atoms with van der Waals surface area (Å²) >= 11 is 2.23. The van der Waals surface area contributed by atoms with Gasteiger partial charge in [-0.25, -0.2) is 0 Å². The van der Waals surface area contributed by atoms with Crippen molar-refractivity contribution in [3.05, 3.63) is 81.4 Å². The molecule has 0 N–H and O–H groups in total. The van der Waals surface area contributed by atoms with E-state index in [1.54, 1.807) is 0 Å². The smallest absolute Gasteiger partial charge is 0.167 e. The number of fused-ring (bicyclic) bond motifs is 1. The zero-order chi connectivity index (χ0) is 13.9. The third-order valence-electron chi connectivity index (χ3n) is 3.38. The standard InChI is InChI=1S/C18H13IO/c19-16-9-4-8-15(11-16)18(20)12-14-7-3-6-13-5-1-2-10-17(13)14/h1-11H,12H2. The molecule has 0 aliphatic carbocycles. The summed E-state index contributed by atoms with van der Waals surface area (Å²) in [6, 6.07) is 22.1. The first-order valence-corrected chi connectivity index (χ1v) is 7.57. The van der Waals surface area contributed by atoms with Crippen LogP contribution in [0.5, 0.6) is 0 Å². The summed E-state index contributed by atoms with van der Waals surface area (Å²) in [7, 11) is 0. The Labute approximate surface area is 131 Å². The Hall–Kier alpha value is -1.68. The molecule has 3 aromatic rings. The molecule has 0 saturated heterocycles. The van der Waals surface area contributed by atoms with E-state index in [2.05, 4.69) is 40.8 Å². The number of rotatable bonds is 3. The highest BCUT2D eigenvalue weighted by molar-refractivity contribution is 14.1. The molecule has 3 rings (SSSR count). The Balaban J connectivity index is 1.95. The van der Waals surface area contributed by atoms with Crippen molar-refractivity contribution in [3.63, 3.8) is 0 Å². The fourth-order valence-electron chi connectivity index (χ4n) is 2.38. The topological polar surface area (TPSA) is 17.1 Å². The Kier molecular flexibility index (Phi) is 3.83. The van der Waals surface area contributed by atoms with Gasteiger partial charge in [0, 0.05) is 15.6 Å². The lowest BCUT2D eigenvalue weighted by atomic mass is 9.98. The second-order valence-corrected chi connectivity index (χ2v) is 5.99. The van der Waals surface area contributed by atoms with E-state index in [4.69, 9.17) is 0 Å². The van der Waals surface area contributed by atoms with E-state index in [9.17, 15) is 4.79 Å². The molecule has 0 radical (unpaired) electrons. The molecule has 0 spiro atoms. The molecule has 0 saturated carbocycles. The van der Waals surface area contributed by atoms with Gasteiger partial charge in [-0.05, 0) is 51.1 Å². The average Bonchev–Trinajstić information content (AvgIpc) is 2.47. The third-order valence-corrected chi connectivity index (χ3v) is 4.05. The summed E-state index contributed by atoms with van der Waals surface area (Å²) in [5.74, 6) is 0.167. The molecule has 0 aliphatic rings. The Morgan fingerprint density at radius 3 is 2.50 bits per heavy atom. The molecule has 0 aromatic heterocycles. The Morgan fingerprint density at radius 2 is 1.65 bits per heavy atom. The summed E-state index contributed by atoms with van der Waals surface area (Å²) in [4.78, 5) is 12.4. The molecule has 0 fully saturated rings. The first kappa shape index (κ1) is 13.3. The van der Waals surface area contributed by atoms with Gasteiger partial charge in [0.25, 0.3) is 0 Å². The SMILES string of the molecule is O=C(Cc1cccc2ccccc12)c1cccc(I)c1. The number of carbonyl (C=O) groups is 1. The first-order chi connectivity index (χ1) is 9.74. The summed E-state index contributed by atoms with van der Waals surface area (Å²) in [5, 5.41) is 2.34. The fraction of sp³-hybridized carbons (Fsp3) is 0.0556. The molecule has 0 amide bonds. The third kappa shape index (κ3) is 2.75. The molecular weight excluding hydrogens is 359 g/mol. The normalized spacial score (nSPS) is 10.7. The zero-order valence-electron chi connectivity index (χ0n) is 10.8. The van der Waals surface area contributed by atoms with E-state index in [1.165, 1.54) is 5.39 Å². The minimum absolute atomic E-state index is 0.167. The van der Waals surface area contributed by atoms with E-state index in [0.717, 1.165) is 20.1 Å². The summed E-state index contributed by atoms with van der Waals surface area (Å²) in [6.07, 6.45) is 0.446. The monoisotopic (exact) mass is 372 g/mol. The maximum absolute atomic E-state index is 12.4. The first-order valence-electron chi connectivity index (χ1n) is 6.49. The molecule has 3 aromatic carbocycles. The van der Waals surface area contributed by atoms with Crippen LogP contribution in [0.4, 0.5) is 0 Å². The number of hydrogen-bond donors (Lipinski definition) is 0. The van der Waals surface area contributed by atoms with Gasteiger partial charge >= 0.3 is 0 Å². The predicted octanol–water partition coefficient (Wildman–Crippen LogP) is 4.87. The highest BCUT2D eigenvalue weighted by Gasteiger charge is 2.09.